The van der Waals surface area contributed by atoms with Crippen molar-refractivity contribution < 1.29 is 14.6 Å². The molecule has 0 amide bonds. The fourth-order valence-electron chi connectivity index (χ4n) is 1.97. The first-order chi connectivity index (χ1) is 9.13. The highest BCUT2D eigenvalue weighted by atomic mass is 16.5. The maximum atomic E-state index is 12.2. The van der Waals surface area contributed by atoms with E-state index in [0.29, 0.717) is 17.9 Å². The molecule has 0 aliphatic rings. The van der Waals surface area contributed by atoms with E-state index in [1.54, 1.807) is 12.3 Å². The molecular formula is C15H23NO3. The zero-order valence-electron chi connectivity index (χ0n) is 11.9. The monoisotopic (exact) mass is 265 g/mol. The zero-order chi connectivity index (χ0) is 14.3. The van der Waals surface area contributed by atoms with Crippen molar-refractivity contribution in [3.63, 3.8) is 0 Å². The molecular weight excluding hydrogens is 242 g/mol. The summed E-state index contributed by atoms with van der Waals surface area (Å²) < 4.78 is 5.44. The number of Topliss-reactive ketones (excluding diaryl/α,β-unsaturated/α-hetero) is 1. The smallest absolute Gasteiger partial charge is 0.193 e. The predicted molar refractivity (Wildman–Crippen MR) is 74.4 cm³/mol. The number of hydrogen-bond acceptors (Lipinski definition) is 4. The van der Waals surface area contributed by atoms with Crippen molar-refractivity contribution in [2.75, 3.05) is 6.61 Å². The van der Waals surface area contributed by atoms with E-state index in [9.17, 15) is 9.90 Å². The van der Waals surface area contributed by atoms with Crippen molar-refractivity contribution in [2.24, 2.45) is 5.92 Å². The van der Waals surface area contributed by atoms with Crippen LogP contribution in [-0.4, -0.2) is 28.6 Å². The van der Waals surface area contributed by atoms with E-state index in [1.165, 1.54) is 6.20 Å². The number of aliphatic hydroxyl groups is 1. The van der Waals surface area contributed by atoms with E-state index in [4.69, 9.17) is 4.74 Å². The first-order valence-electron chi connectivity index (χ1n) is 6.94. The van der Waals surface area contributed by atoms with Crippen LogP contribution in [0.5, 0.6) is 5.75 Å². The lowest BCUT2D eigenvalue weighted by Gasteiger charge is -2.18. The van der Waals surface area contributed by atoms with Crippen LogP contribution in [0.2, 0.25) is 0 Å². The van der Waals surface area contributed by atoms with E-state index in [-0.39, 0.29) is 11.7 Å². The van der Waals surface area contributed by atoms with Gasteiger partial charge < -0.3 is 9.84 Å². The van der Waals surface area contributed by atoms with Gasteiger partial charge in [-0.25, -0.2) is 0 Å². The maximum absolute atomic E-state index is 12.2. The molecule has 0 radical (unpaired) electrons. The fourth-order valence-corrected chi connectivity index (χ4v) is 1.97. The highest BCUT2D eigenvalue weighted by Gasteiger charge is 2.24. The SMILES string of the molecule is CCCOc1cncc(C(=O)C(O)C(CC)CC)c1. The van der Waals surface area contributed by atoms with Crippen molar-refractivity contribution in [1.82, 2.24) is 4.98 Å². The van der Waals surface area contributed by atoms with Gasteiger partial charge in [0.05, 0.1) is 12.8 Å². The van der Waals surface area contributed by atoms with Crippen LogP contribution in [0.4, 0.5) is 0 Å². The molecule has 0 spiro atoms. The quantitative estimate of drug-likeness (QED) is 0.734. The van der Waals surface area contributed by atoms with Crippen molar-refractivity contribution in [3.8, 4) is 5.75 Å². The molecule has 4 nitrogen and oxygen atoms in total. The van der Waals surface area contributed by atoms with E-state index in [2.05, 4.69) is 4.98 Å². The lowest BCUT2D eigenvalue weighted by Crippen LogP contribution is -2.29. The Bertz CT molecular complexity index is 402. The number of ether oxygens (including phenoxy) is 1. The van der Waals surface area contributed by atoms with Crippen LogP contribution in [0.15, 0.2) is 18.5 Å². The van der Waals surface area contributed by atoms with Gasteiger partial charge in [0.2, 0.25) is 0 Å². The number of hydrogen-bond donors (Lipinski definition) is 1. The molecule has 1 unspecified atom stereocenters. The number of ketones is 1. The third-order valence-corrected chi connectivity index (χ3v) is 3.23. The van der Waals surface area contributed by atoms with Crippen molar-refractivity contribution in [2.45, 2.75) is 46.1 Å². The molecule has 1 aromatic heterocycles. The summed E-state index contributed by atoms with van der Waals surface area (Å²) in [4.78, 5) is 16.2. The van der Waals surface area contributed by atoms with Crippen LogP contribution >= 0.6 is 0 Å². The van der Waals surface area contributed by atoms with Crippen LogP contribution in [-0.2, 0) is 0 Å². The normalized spacial score (nSPS) is 12.5. The Kier molecular flexibility index (Phi) is 6.50. The second kappa shape index (κ2) is 7.89. The second-order valence-electron chi connectivity index (χ2n) is 4.64. The Balaban J connectivity index is 2.81. The molecule has 1 aromatic rings. The molecule has 0 fully saturated rings. The van der Waals surface area contributed by atoms with E-state index >= 15 is 0 Å². The molecule has 1 N–H and O–H groups in total. The molecule has 0 aromatic carbocycles. The molecule has 1 heterocycles. The lowest BCUT2D eigenvalue weighted by atomic mass is 9.91. The zero-order valence-corrected chi connectivity index (χ0v) is 11.9. The molecule has 0 aliphatic heterocycles. The van der Waals surface area contributed by atoms with Gasteiger partial charge in [-0.1, -0.05) is 33.6 Å². The Hall–Kier alpha value is -1.42. The summed E-state index contributed by atoms with van der Waals surface area (Å²) in [6, 6.07) is 1.65. The Morgan fingerprint density at radius 1 is 1.32 bits per heavy atom. The average molecular weight is 265 g/mol. The van der Waals surface area contributed by atoms with Gasteiger partial charge in [-0.2, -0.15) is 0 Å². The molecule has 0 saturated carbocycles. The first kappa shape index (κ1) is 15.6. The van der Waals surface area contributed by atoms with Gasteiger partial charge in [0.15, 0.2) is 5.78 Å². The molecule has 19 heavy (non-hydrogen) atoms. The topological polar surface area (TPSA) is 59.4 Å². The number of rotatable bonds is 8. The third kappa shape index (κ3) is 4.31. The van der Waals surface area contributed by atoms with Gasteiger partial charge >= 0.3 is 0 Å². The van der Waals surface area contributed by atoms with E-state index in [1.807, 2.05) is 20.8 Å². The molecule has 0 saturated heterocycles. The summed E-state index contributed by atoms with van der Waals surface area (Å²) in [6.45, 7) is 6.56. The Morgan fingerprint density at radius 3 is 2.58 bits per heavy atom. The molecule has 4 heteroatoms. The number of aliphatic hydroxyl groups excluding tert-OH is 1. The molecule has 0 aliphatic carbocycles. The standard InChI is InChI=1S/C15H23NO3/c1-4-7-19-13-8-12(9-16-10-13)15(18)14(17)11(5-2)6-3/h8-11,14,17H,4-7H2,1-3H3. The summed E-state index contributed by atoms with van der Waals surface area (Å²) in [5.41, 5.74) is 0.410. The molecule has 1 atom stereocenters. The summed E-state index contributed by atoms with van der Waals surface area (Å²) >= 11 is 0. The minimum Gasteiger partial charge on any atom is -0.492 e. The minimum absolute atomic E-state index is 0.00674. The van der Waals surface area contributed by atoms with Gasteiger partial charge in [0.25, 0.3) is 0 Å². The number of carbonyl (C=O) groups is 1. The van der Waals surface area contributed by atoms with Gasteiger partial charge in [-0.15, -0.1) is 0 Å². The van der Waals surface area contributed by atoms with E-state index < -0.39 is 6.10 Å². The van der Waals surface area contributed by atoms with Crippen molar-refractivity contribution >= 4 is 5.78 Å². The lowest BCUT2D eigenvalue weighted by molar-refractivity contribution is 0.0587. The number of carbonyl (C=O) groups excluding carboxylic acids is 1. The largest absolute Gasteiger partial charge is 0.492 e. The summed E-state index contributed by atoms with van der Waals surface area (Å²) in [5.74, 6) is 0.292. The van der Waals surface area contributed by atoms with Crippen LogP contribution in [0, 0.1) is 5.92 Å². The number of nitrogens with zero attached hydrogens (tertiary/aromatic N) is 1. The highest BCUT2D eigenvalue weighted by molar-refractivity contribution is 5.99. The summed E-state index contributed by atoms with van der Waals surface area (Å²) in [7, 11) is 0. The van der Waals surface area contributed by atoms with Gasteiger partial charge in [-0.3, -0.25) is 9.78 Å². The van der Waals surface area contributed by atoms with Crippen molar-refractivity contribution in [3.05, 3.63) is 24.0 Å². The first-order valence-corrected chi connectivity index (χ1v) is 6.94. The van der Waals surface area contributed by atoms with Gasteiger partial charge in [0.1, 0.15) is 11.9 Å². The Morgan fingerprint density at radius 2 is 2.00 bits per heavy atom. The number of aromatic nitrogens is 1. The molecule has 106 valence electrons. The highest BCUT2D eigenvalue weighted by Crippen LogP contribution is 2.19. The van der Waals surface area contributed by atoms with Crippen LogP contribution in [0.3, 0.4) is 0 Å². The Labute approximate surface area is 114 Å². The summed E-state index contributed by atoms with van der Waals surface area (Å²) in [5, 5.41) is 10.1. The number of pyridine rings is 1. The fraction of sp³-hybridized carbons (Fsp3) is 0.600. The molecule has 0 bridgehead atoms. The van der Waals surface area contributed by atoms with Crippen molar-refractivity contribution in [1.29, 1.82) is 0 Å². The van der Waals surface area contributed by atoms with Gasteiger partial charge in [-0.05, 0) is 18.4 Å². The van der Waals surface area contributed by atoms with Crippen LogP contribution < -0.4 is 4.74 Å². The van der Waals surface area contributed by atoms with Gasteiger partial charge in [0, 0.05) is 11.8 Å². The van der Waals surface area contributed by atoms with Crippen LogP contribution in [0.25, 0.3) is 0 Å². The minimum atomic E-state index is -0.960. The summed E-state index contributed by atoms with van der Waals surface area (Å²) in [6.07, 6.45) is 4.56. The van der Waals surface area contributed by atoms with Crippen LogP contribution in [0.1, 0.15) is 50.4 Å². The second-order valence-corrected chi connectivity index (χ2v) is 4.64. The average Bonchev–Trinajstić information content (AvgIpc) is 2.45. The maximum Gasteiger partial charge on any atom is 0.193 e. The van der Waals surface area contributed by atoms with E-state index in [0.717, 1.165) is 19.3 Å². The molecule has 1 rings (SSSR count). The third-order valence-electron chi connectivity index (χ3n) is 3.23. The predicted octanol–water partition coefficient (Wildman–Crippen LogP) is 2.85.